The number of hydrogen-bond acceptors (Lipinski definition) is 10. The Morgan fingerprint density at radius 2 is 1.63 bits per heavy atom. The molecule has 3 aromatic rings. The van der Waals surface area contributed by atoms with Gasteiger partial charge in [0.2, 0.25) is 23.6 Å². The van der Waals surface area contributed by atoms with Crippen molar-refractivity contribution in [1.82, 2.24) is 30.2 Å². The van der Waals surface area contributed by atoms with Gasteiger partial charge in [-0.25, -0.2) is 4.39 Å². The van der Waals surface area contributed by atoms with E-state index in [2.05, 4.69) is 69.0 Å². The van der Waals surface area contributed by atoms with Crippen LogP contribution in [0.3, 0.4) is 0 Å². The highest BCUT2D eigenvalue weighted by Crippen LogP contribution is 2.34. The Kier molecular flexibility index (Phi) is 13.2. The lowest BCUT2D eigenvalue weighted by molar-refractivity contribution is -0.136. The number of imide groups is 2. The zero-order valence-corrected chi connectivity index (χ0v) is 34.7. The number of halogens is 1. The molecule has 2 unspecified atom stereocenters. The summed E-state index contributed by atoms with van der Waals surface area (Å²) in [6.07, 6.45) is 2.74. The van der Waals surface area contributed by atoms with Crippen LogP contribution in [0.4, 0.5) is 15.8 Å². The van der Waals surface area contributed by atoms with Crippen LogP contribution >= 0.6 is 0 Å². The maximum atomic E-state index is 14.6. The number of carbonyl (C=O) groups is 6. The number of rotatable bonds is 15. The Hall–Kier alpha value is -5.67. The predicted molar refractivity (Wildman–Crippen MR) is 225 cm³/mol. The van der Waals surface area contributed by atoms with Gasteiger partial charge in [0.1, 0.15) is 11.9 Å². The third-order valence-electron chi connectivity index (χ3n) is 12.4. The van der Waals surface area contributed by atoms with Crippen molar-refractivity contribution in [2.75, 3.05) is 76.7 Å². The van der Waals surface area contributed by atoms with Crippen molar-refractivity contribution in [1.29, 1.82) is 0 Å². The van der Waals surface area contributed by atoms with Crippen LogP contribution in [0.1, 0.15) is 81.8 Å². The van der Waals surface area contributed by atoms with Gasteiger partial charge in [-0.05, 0) is 81.7 Å². The van der Waals surface area contributed by atoms with Gasteiger partial charge in [0.15, 0.2) is 0 Å². The number of fused-ring (bicyclic) bond motifs is 1. The number of piperazine rings is 1. The number of amides is 6. The number of anilines is 2. The minimum absolute atomic E-state index is 0.0293. The van der Waals surface area contributed by atoms with Crippen LogP contribution in [0.15, 0.2) is 60.7 Å². The fourth-order valence-electron chi connectivity index (χ4n) is 8.95. The number of likely N-dealkylation sites (N-methyl/N-ethyl adjacent to an activating group) is 1. The first-order valence-corrected chi connectivity index (χ1v) is 21.0. The van der Waals surface area contributed by atoms with E-state index in [0.29, 0.717) is 56.7 Å². The molecule has 3 aromatic carbocycles. The minimum atomic E-state index is -1.07. The largest absolute Gasteiger partial charge is 0.375 e. The smallest absolute Gasteiger partial charge is 0.264 e. The molecule has 0 bridgehead atoms. The lowest BCUT2D eigenvalue weighted by Crippen LogP contribution is -2.54. The van der Waals surface area contributed by atoms with Crippen molar-refractivity contribution in [3.8, 4) is 0 Å². The van der Waals surface area contributed by atoms with Crippen molar-refractivity contribution < 1.29 is 33.2 Å². The highest BCUT2D eigenvalue weighted by atomic mass is 19.1. The fourth-order valence-corrected chi connectivity index (χ4v) is 8.95. The number of unbranched alkanes of at least 4 members (excludes halogenated alkanes) is 2. The van der Waals surface area contributed by atoms with E-state index in [4.69, 9.17) is 0 Å². The third kappa shape index (κ3) is 9.37. The molecule has 3 fully saturated rings. The number of likely N-dealkylation sites (tertiary alicyclic amines) is 1. The number of nitrogens with zero attached hydrogens (tertiary/aromatic N) is 5. The highest BCUT2D eigenvalue weighted by Gasteiger charge is 2.45. The standard InChI is InChI=1S/C45H55FN8O6/c1-29-9-7-11-35(46)33(29)26-51-27-34(38(28-51)50(2)3)30-14-16-31(17-15-30)52-21-23-53(24-22-52)41(57)13-5-4-6-20-47-40(56)25-48-36-12-8-10-32-42(36)45(60)54(44(32)59)37-18-19-39(55)49-43(37)58/h7-12,14-17,34,37-38,48H,4-6,13,18-28H2,1-3H3,(H,47,56)(H,49,55,58)/t34?,37?,38-/m0/s1. The van der Waals surface area contributed by atoms with Crippen molar-refractivity contribution >= 4 is 46.8 Å². The van der Waals surface area contributed by atoms with Crippen LogP contribution in [0.25, 0.3) is 0 Å². The number of piperidine rings is 1. The molecular formula is C45H55FN8O6. The van der Waals surface area contributed by atoms with Crippen LogP contribution in [0.5, 0.6) is 0 Å². The van der Waals surface area contributed by atoms with E-state index in [0.717, 1.165) is 60.7 Å². The molecule has 7 rings (SSSR count). The first-order valence-electron chi connectivity index (χ1n) is 21.0. The number of nitrogens with one attached hydrogen (secondary N) is 3. The molecule has 0 saturated carbocycles. The van der Waals surface area contributed by atoms with Gasteiger partial charge in [0.05, 0.1) is 17.7 Å². The Labute approximate surface area is 350 Å². The summed E-state index contributed by atoms with van der Waals surface area (Å²) in [5.41, 5.74) is 4.73. The number of carbonyl (C=O) groups excluding carboxylic acids is 6. The summed E-state index contributed by atoms with van der Waals surface area (Å²) in [7, 11) is 4.23. The Morgan fingerprint density at radius 1 is 0.883 bits per heavy atom. The molecule has 0 spiro atoms. The zero-order valence-electron chi connectivity index (χ0n) is 34.7. The van der Waals surface area contributed by atoms with Gasteiger partial charge in [-0.1, -0.05) is 36.8 Å². The van der Waals surface area contributed by atoms with Gasteiger partial charge in [-0.15, -0.1) is 0 Å². The number of benzene rings is 3. The monoisotopic (exact) mass is 822 g/mol. The molecule has 3 atom stereocenters. The van der Waals surface area contributed by atoms with Crippen LogP contribution in [-0.2, 0) is 25.7 Å². The second-order valence-corrected chi connectivity index (χ2v) is 16.5. The van der Waals surface area contributed by atoms with Crippen LogP contribution in [0.2, 0.25) is 0 Å². The maximum absolute atomic E-state index is 14.6. The lowest BCUT2D eigenvalue weighted by atomic mass is 9.93. The summed E-state index contributed by atoms with van der Waals surface area (Å²) in [6.45, 7) is 7.48. The molecule has 0 aromatic heterocycles. The normalized spacial score (nSPS) is 20.8. The molecule has 318 valence electrons. The quantitative estimate of drug-likeness (QED) is 0.153. The van der Waals surface area contributed by atoms with Gasteiger partial charge in [0.25, 0.3) is 11.8 Å². The number of aryl methyl sites for hydroxylation is 1. The summed E-state index contributed by atoms with van der Waals surface area (Å²) >= 11 is 0. The number of hydrogen-bond donors (Lipinski definition) is 3. The summed E-state index contributed by atoms with van der Waals surface area (Å²) in [5, 5.41) is 7.99. The zero-order chi connectivity index (χ0) is 42.5. The maximum Gasteiger partial charge on any atom is 0.264 e. The van der Waals surface area contributed by atoms with E-state index in [-0.39, 0.29) is 48.1 Å². The second kappa shape index (κ2) is 18.7. The topological polar surface area (TPSA) is 155 Å². The third-order valence-corrected chi connectivity index (χ3v) is 12.4. The fraction of sp³-hybridized carbons (Fsp3) is 0.467. The summed E-state index contributed by atoms with van der Waals surface area (Å²) in [4.78, 5) is 85.8. The Balaban J connectivity index is 0.792. The van der Waals surface area contributed by atoms with Crippen molar-refractivity contribution in [2.45, 2.75) is 70.0 Å². The molecule has 4 aliphatic heterocycles. The van der Waals surface area contributed by atoms with Crippen LogP contribution in [0, 0.1) is 12.7 Å². The van der Waals surface area contributed by atoms with Gasteiger partial charge >= 0.3 is 0 Å². The second-order valence-electron chi connectivity index (χ2n) is 16.5. The van der Waals surface area contributed by atoms with Crippen LogP contribution in [-0.4, -0.2) is 134 Å². The lowest BCUT2D eigenvalue weighted by Gasteiger charge is -2.36. The van der Waals surface area contributed by atoms with Crippen molar-refractivity contribution in [3.05, 3.63) is 94.3 Å². The van der Waals surface area contributed by atoms with Gasteiger partial charge in [-0.3, -0.25) is 43.9 Å². The molecule has 60 heavy (non-hydrogen) atoms. The van der Waals surface area contributed by atoms with Crippen LogP contribution < -0.4 is 20.9 Å². The predicted octanol–water partition coefficient (Wildman–Crippen LogP) is 3.50. The average molecular weight is 823 g/mol. The first kappa shape index (κ1) is 42.5. The van der Waals surface area contributed by atoms with E-state index in [9.17, 15) is 33.2 Å². The van der Waals surface area contributed by atoms with Gasteiger partial charge in [0, 0.05) is 94.1 Å². The molecule has 3 N–H and O–H groups in total. The van der Waals surface area contributed by atoms with E-state index >= 15 is 0 Å². The Morgan fingerprint density at radius 3 is 2.35 bits per heavy atom. The van der Waals surface area contributed by atoms with Crippen molar-refractivity contribution in [3.63, 3.8) is 0 Å². The molecule has 0 aliphatic carbocycles. The van der Waals surface area contributed by atoms with E-state index in [1.165, 1.54) is 11.6 Å². The molecule has 4 aliphatic rings. The molecule has 4 heterocycles. The van der Waals surface area contributed by atoms with E-state index in [1.54, 1.807) is 24.3 Å². The summed E-state index contributed by atoms with van der Waals surface area (Å²) < 4.78 is 14.6. The Bertz CT molecular complexity index is 2100. The van der Waals surface area contributed by atoms with E-state index < -0.39 is 29.7 Å². The molecule has 6 amide bonds. The first-order chi connectivity index (χ1) is 28.9. The molecule has 3 saturated heterocycles. The summed E-state index contributed by atoms with van der Waals surface area (Å²) in [5.74, 6) is -2.35. The highest BCUT2D eigenvalue weighted by molar-refractivity contribution is 6.25. The summed E-state index contributed by atoms with van der Waals surface area (Å²) in [6, 6.07) is 18.1. The SMILES string of the molecule is Cc1cccc(F)c1CN1CC(c2ccc(N3CCN(C(=O)CCCCCNC(=O)CNc4cccc5c4C(=O)N(C4CCC(=O)NC4=O)C5=O)CC3)cc2)[C@@H](N(C)C)C1. The molecule has 14 nitrogen and oxygen atoms in total. The molecule has 0 radical (unpaired) electrons. The molecular weight excluding hydrogens is 768 g/mol. The average Bonchev–Trinajstić information content (AvgIpc) is 3.78. The van der Waals surface area contributed by atoms with E-state index in [1.807, 2.05) is 17.9 Å². The van der Waals surface area contributed by atoms with Crippen molar-refractivity contribution in [2.24, 2.45) is 0 Å². The molecule has 15 heteroatoms. The van der Waals surface area contributed by atoms with Gasteiger partial charge < -0.3 is 25.3 Å². The van der Waals surface area contributed by atoms with Gasteiger partial charge in [-0.2, -0.15) is 0 Å². The minimum Gasteiger partial charge on any atom is -0.375 e.